The van der Waals surface area contributed by atoms with Crippen molar-refractivity contribution in [2.45, 2.75) is 26.7 Å². The molecule has 2 heteroatoms. The third kappa shape index (κ3) is 2.05. The van der Waals surface area contributed by atoms with Gasteiger partial charge in [0.2, 0.25) is 0 Å². The van der Waals surface area contributed by atoms with Crippen LogP contribution in [0.1, 0.15) is 26.7 Å². The van der Waals surface area contributed by atoms with Crippen molar-refractivity contribution >= 4 is 0 Å². The Morgan fingerprint density at radius 1 is 1.38 bits per heavy atom. The molecule has 0 saturated carbocycles. The van der Waals surface area contributed by atoms with Gasteiger partial charge in [0.25, 0.3) is 0 Å². The molecule has 2 aliphatic rings. The van der Waals surface area contributed by atoms with E-state index >= 15 is 0 Å². The minimum absolute atomic E-state index is 0.662. The first-order valence-corrected chi connectivity index (χ1v) is 5.63. The maximum atomic E-state index is 3.50. The summed E-state index contributed by atoms with van der Waals surface area (Å²) in [6, 6.07) is 0. The van der Waals surface area contributed by atoms with Gasteiger partial charge in [-0.15, -0.1) is 0 Å². The number of likely N-dealkylation sites (tertiary alicyclic amines) is 1. The van der Waals surface area contributed by atoms with E-state index in [4.69, 9.17) is 0 Å². The molecule has 0 bridgehead atoms. The van der Waals surface area contributed by atoms with Gasteiger partial charge in [0.1, 0.15) is 0 Å². The Hall–Kier alpha value is -0.0800. The van der Waals surface area contributed by atoms with Crippen LogP contribution in [-0.2, 0) is 0 Å². The molecule has 1 unspecified atom stereocenters. The fourth-order valence-corrected chi connectivity index (χ4v) is 2.84. The van der Waals surface area contributed by atoms with Crippen molar-refractivity contribution in [2.24, 2.45) is 11.3 Å². The summed E-state index contributed by atoms with van der Waals surface area (Å²) in [5.41, 5.74) is 0.662. The molecule has 1 atom stereocenters. The average molecular weight is 182 g/mol. The smallest absolute Gasteiger partial charge is 0.00512 e. The maximum Gasteiger partial charge on any atom is 0.00512 e. The molecule has 13 heavy (non-hydrogen) atoms. The molecule has 2 saturated heterocycles. The molecule has 2 heterocycles. The van der Waals surface area contributed by atoms with Crippen molar-refractivity contribution < 1.29 is 0 Å². The topological polar surface area (TPSA) is 15.3 Å². The van der Waals surface area contributed by atoms with E-state index in [1.807, 2.05) is 0 Å². The Balaban J connectivity index is 1.86. The van der Waals surface area contributed by atoms with E-state index in [1.54, 1.807) is 0 Å². The molecule has 0 aliphatic carbocycles. The first-order valence-electron chi connectivity index (χ1n) is 5.63. The van der Waals surface area contributed by atoms with Crippen LogP contribution >= 0.6 is 0 Å². The summed E-state index contributed by atoms with van der Waals surface area (Å²) in [5, 5.41) is 3.50. The highest BCUT2D eigenvalue weighted by Crippen LogP contribution is 2.36. The molecule has 0 aromatic rings. The first-order chi connectivity index (χ1) is 6.20. The fraction of sp³-hybridized carbons (Fsp3) is 1.00. The van der Waals surface area contributed by atoms with Gasteiger partial charge in [-0.25, -0.2) is 0 Å². The van der Waals surface area contributed by atoms with E-state index in [0.717, 1.165) is 5.92 Å². The summed E-state index contributed by atoms with van der Waals surface area (Å²) in [6.07, 6.45) is 2.83. The molecule has 2 nitrogen and oxygen atoms in total. The van der Waals surface area contributed by atoms with Crippen LogP contribution in [0.2, 0.25) is 0 Å². The van der Waals surface area contributed by atoms with E-state index < -0.39 is 0 Å². The minimum atomic E-state index is 0.662. The highest BCUT2D eigenvalue weighted by atomic mass is 15.2. The molecule has 2 fully saturated rings. The van der Waals surface area contributed by atoms with Crippen LogP contribution in [0.5, 0.6) is 0 Å². The van der Waals surface area contributed by atoms with Crippen molar-refractivity contribution in [1.29, 1.82) is 0 Å². The van der Waals surface area contributed by atoms with Crippen LogP contribution in [0.15, 0.2) is 0 Å². The number of hydrogen-bond donors (Lipinski definition) is 1. The lowest BCUT2D eigenvalue weighted by molar-refractivity contribution is 0.252. The van der Waals surface area contributed by atoms with Crippen LogP contribution in [-0.4, -0.2) is 37.6 Å². The Morgan fingerprint density at radius 2 is 2.23 bits per heavy atom. The summed E-state index contributed by atoms with van der Waals surface area (Å²) in [5.74, 6) is 0.824. The van der Waals surface area contributed by atoms with Gasteiger partial charge in [-0.2, -0.15) is 0 Å². The molecule has 2 rings (SSSR count). The molecular formula is C11H22N2. The number of rotatable bonds is 2. The van der Waals surface area contributed by atoms with Crippen molar-refractivity contribution in [2.75, 3.05) is 32.7 Å². The van der Waals surface area contributed by atoms with Crippen LogP contribution in [0.4, 0.5) is 0 Å². The zero-order chi connectivity index (χ0) is 9.31. The second kappa shape index (κ2) is 3.58. The second-order valence-electron chi connectivity index (χ2n) is 5.31. The van der Waals surface area contributed by atoms with Gasteiger partial charge in [-0.05, 0) is 37.3 Å². The van der Waals surface area contributed by atoms with Crippen molar-refractivity contribution in [3.05, 3.63) is 0 Å². The van der Waals surface area contributed by atoms with Gasteiger partial charge in [-0.3, -0.25) is 0 Å². The molecule has 0 aromatic carbocycles. The van der Waals surface area contributed by atoms with Gasteiger partial charge >= 0.3 is 0 Å². The lowest BCUT2D eigenvalue weighted by Gasteiger charge is -2.23. The molecule has 1 spiro atoms. The third-order valence-corrected chi connectivity index (χ3v) is 3.47. The molecule has 0 aromatic heterocycles. The molecule has 1 N–H and O–H groups in total. The zero-order valence-electron chi connectivity index (χ0n) is 8.97. The van der Waals surface area contributed by atoms with E-state index in [1.165, 1.54) is 45.6 Å². The Kier molecular flexibility index (Phi) is 2.61. The number of nitrogens with one attached hydrogen (secondary N) is 1. The summed E-state index contributed by atoms with van der Waals surface area (Å²) < 4.78 is 0. The van der Waals surface area contributed by atoms with Crippen LogP contribution in [0, 0.1) is 11.3 Å². The van der Waals surface area contributed by atoms with Gasteiger partial charge in [0.15, 0.2) is 0 Å². The quantitative estimate of drug-likeness (QED) is 0.693. The monoisotopic (exact) mass is 182 g/mol. The lowest BCUT2D eigenvalue weighted by atomic mass is 9.86. The molecule has 76 valence electrons. The molecular weight excluding hydrogens is 160 g/mol. The van der Waals surface area contributed by atoms with E-state index in [2.05, 4.69) is 24.1 Å². The summed E-state index contributed by atoms with van der Waals surface area (Å²) in [7, 11) is 0. The van der Waals surface area contributed by atoms with Gasteiger partial charge in [-0.1, -0.05) is 13.8 Å². The Labute approximate surface area is 81.7 Å². The lowest BCUT2D eigenvalue weighted by Crippen LogP contribution is -2.31. The Bertz CT molecular complexity index is 171. The van der Waals surface area contributed by atoms with Crippen LogP contribution in [0.25, 0.3) is 0 Å². The van der Waals surface area contributed by atoms with E-state index in [0.29, 0.717) is 5.41 Å². The number of nitrogens with zero attached hydrogens (tertiary/aromatic N) is 1. The highest BCUT2D eigenvalue weighted by Gasteiger charge is 2.39. The fourth-order valence-electron chi connectivity index (χ4n) is 2.84. The zero-order valence-corrected chi connectivity index (χ0v) is 8.97. The SMILES string of the molecule is CC(C)CN1CCC2(CCNC2)C1. The predicted molar refractivity (Wildman–Crippen MR) is 55.8 cm³/mol. The van der Waals surface area contributed by atoms with Gasteiger partial charge < -0.3 is 10.2 Å². The average Bonchev–Trinajstić information content (AvgIpc) is 2.63. The Morgan fingerprint density at radius 3 is 2.85 bits per heavy atom. The highest BCUT2D eigenvalue weighted by molar-refractivity contribution is 4.95. The largest absolute Gasteiger partial charge is 0.316 e. The van der Waals surface area contributed by atoms with Gasteiger partial charge in [0, 0.05) is 19.6 Å². The van der Waals surface area contributed by atoms with Crippen molar-refractivity contribution in [1.82, 2.24) is 10.2 Å². The second-order valence-corrected chi connectivity index (χ2v) is 5.31. The first kappa shape index (κ1) is 9.47. The van der Waals surface area contributed by atoms with Crippen LogP contribution in [0.3, 0.4) is 0 Å². The van der Waals surface area contributed by atoms with Crippen molar-refractivity contribution in [3.63, 3.8) is 0 Å². The third-order valence-electron chi connectivity index (χ3n) is 3.47. The molecule has 2 aliphatic heterocycles. The van der Waals surface area contributed by atoms with Gasteiger partial charge in [0.05, 0.1) is 0 Å². The standard InChI is InChI=1S/C11H22N2/c1-10(2)7-13-6-4-11(9-13)3-5-12-8-11/h10,12H,3-9H2,1-2H3. The maximum absolute atomic E-state index is 3.50. The summed E-state index contributed by atoms with van der Waals surface area (Å²) in [6.45, 7) is 11.1. The molecule has 0 amide bonds. The predicted octanol–water partition coefficient (Wildman–Crippen LogP) is 1.33. The van der Waals surface area contributed by atoms with E-state index in [9.17, 15) is 0 Å². The van der Waals surface area contributed by atoms with Crippen LogP contribution < -0.4 is 5.32 Å². The summed E-state index contributed by atoms with van der Waals surface area (Å²) >= 11 is 0. The minimum Gasteiger partial charge on any atom is -0.316 e. The number of hydrogen-bond acceptors (Lipinski definition) is 2. The summed E-state index contributed by atoms with van der Waals surface area (Å²) in [4.78, 5) is 2.65. The van der Waals surface area contributed by atoms with Crippen molar-refractivity contribution in [3.8, 4) is 0 Å². The molecule has 0 radical (unpaired) electrons. The van der Waals surface area contributed by atoms with E-state index in [-0.39, 0.29) is 0 Å². The normalized spacial score (nSPS) is 35.3.